The molecule has 8 aromatic rings. The molecule has 81 heavy (non-hydrogen) atoms. The normalized spacial score (nSPS) is 14.1. The Balaban J connectivity index is 0.000000275. The SMILES string of the molecule is C.C.Cc1noc(-c2ccc(-c3ccc(N4CCC[C@H](C(=O)O)C4)cc3)cc2)c1NC(=O)O[C@H](C)c1ccccc1.Cc1noc(-c2ccc(-c3ccc(N4C[CH-]CCC4)cc3)cc2)c1NC(=O)O[C@H](C)c1ccccc1.O=C=O.[Na+]. The minimum absolute atomic E-state index is 0. The van der Waals surface area contributed by atoms with E-state index in [1.54, 1.807) is 13.8 Å². The van der Waals surface area contributed by atoms with Crippen LogP contribution in [0.5, 0.6) is 0 Å². The summed E-state index contributed by atoms with van der Waals surface area (Å²) in [7, 11) is 0. The van der Waals surface area contributed by atoms with E-state index in [1.807, 2.05) is 135 Å². The van der Waals surface area contributed by atoms with Gasteiger partial charge in [-0.3, -0.25) is 15.4 Å². The summed E-state index contributed by atoms with van der Waals surface area (Å²) in [5.74, 6) is -0.0913. The van der Waals surface area contributed by atoms with Crippen LogP contribution in [0.4, 0.5) is 32.3 Å². The largest absolute Gasteiger partial charge is 1.00 e. The number of carboxylic acid groups (broad SMARTS) is 1. The molecule has 0 unspecified atom stereocenters. The maximum atomic E-state index is 12.6. The van der Waals surface area contributed by atoms with E-state index >= 15 is 0 Å². The van der Waals surface area contributed by atoms with E-state index in [2.05, 4.69) is 73.6 Å². The van der Waals surface area contributed by atoms with Gasteiger partial charge in [-0.25, -0.2) is 9.59 Å². The van der Waals surface area contributed by atoms with E-state index in [4.69, 9.17) is 28.1 Å². The first kappa shape index (κ1) is 63.6. The number of nitrogens with zero attached hydrogens (tertiary/aromatic N) is 4. The topological polar surface area (TPSA) is 207 Å². The van der Waals surface area contributed by atoms with Gasteiger partial charge in [-0.05, 0) is 98.2 Å². The second-order valence-electron chi connectivity index (χ2n) is 18.9. The molecule has 0 radical (unpaired) electrons. The van der Waals surface area contributed by atoms with Crippen LogP contribution in [0.25, 0.3) is 44.9 Å². The monoisotopic (exact) mass is 1100 g/mol. The zero-order valence-corrected chi connectivity index (χ0v) is 46.9. The predicted molar refractivity (Wildman–Crippen MR) is 311 cm³/mol. The van der Waals surface area contributed by atoms with Gasteiger partial charge in [0.15, 0.2) is 11.5 Å². The number of anilines is 4. The van der Waals surface area contributed by atoms with Crippen LogP contribution in [-0.4, -0.2) is 65.9 Å². The molecule has 6 aromatic carbocycles. The predicted octanol–water partition coefficient (Wildman–Crippen LogP) is 12.1. The van der Waals surface area contributed by atoms with Gasteiger partial charge in [0.2, 0.25) is 0 Å². The number of carboxylic acids is 1. The van der Waals surface area contributed by atoms with Gasteiger partial charge in [0.05, 0.1) is 5.92 Å². The van der Waals surface area contributed by atoms with Crippen molar-refractivity contribution in [1.82, 2.24) is 10.3 Å². The zero-order valence-electron chi connectivity index (χ0n) is 44.9. The molecule has 2 amide bonds. The van der Waals surface area contributed by atoms with Crippen LogP contribution in [0, 0.1) is 26.2 Å². The first-order valence-corrected chi connectivity index (χ1v) is 25.8. The van der Waals surface area contributed by atoms with E-state index < -0.39 is 24.3 Å². The number of nitrogens with one attached hydrogen (secondary N) is 2. The van der Waals surface area contributed by atoms with Gasteiger partial charge in [-0.1, -0.05) is 165 Å². The number of ether oxygens (including phenoxy) is 2. The van der Waals surface area contributed by atoms with Crippen molar-refractivity contribution in [2.24, 2.45) is 5.92 Å². The third-order valence-electron chi connectivity index (χ3n) is 13.7. The summed E-state index contributed by atoms with van der Waals surface area (Å²) < 4.78 is 22.2. The van der Waals surface area contributed by atoms with Crippen LogP contribution in [0.1, 0.15) is 89.1 Å². The van der Waals surface area contributed by atoms with Crippen molar-refractivity contribution >= 4 is 47.1 Å². The van der Waals surface area contributed by atoms with Crippen molar-refractivity contribution in [2.45, 2.75) is 80.4 Å². The Morgan fingerprint density at radius 3 is 1.35 bits per heavy atom. The molecule has 0 aliphatic carbocycles. The van der Waals surface area contributed by atoms with E-state index in [0.717, 1.165) is 82.7 Å². The molecule has 10 rings (SSSR count). The summed E-state index contributed by atoms with van der Waals surface area (Å²) >= 11 is 0. The molecule has 3 atom stereocenters. The van der Waals surface area contributed by atoms with E-state index in [1.165, 1.54) is 18.5 Å². The van der Waals surface area contributed by atoms with E-state index in [-0.39, 0.29) is 62.6 Å². The van der Waals surface area contributed by atoms with Crippen LogP contribution >= 0.6 is 0 Å². The number of piperidine rings is 2. The minimum Gasteiger partial charge on any atom is -0.481 e. The fourth-order valence-corrected chi connectivity index (χ4v) is 9.37. The van der Waals surface area contributed by atoms with Crippen LogP contribution in [0.2, 0.25) is 0 Å². The number of hydrogen-bond donors (Lipinski definition) is 3. The molecule has 3 N–H and O–H groups in total. The van der Waals surface area contributed by atoms with Gasteiger partial charge < -0.3 is 39.8 Å². The quantitative estimate of drug-likeness (QED) is 0.0725. The maximum absolute atomic E-state index is 12.6. The summed E-state index contributed by atoms with van der Waals surface area (Å²) in [4.78, 5) is 57.4. The molecule has 2 fully saturated rings. The number of rotatable bonds is 13. The zero-order chi connectivity index (χ0) is 55.0. The molecule has 16 nitrogen and oxygen atoms in total. The van der Waals surface area contributed by atoms with Gasteiger partial charge in [0.25, 0.3) is 0 Å². The molecule has 0 saturated carbocycles. The van der Waals surface area contributed by atoms with Crippen LogP contribution in [0.15, 0.2) is 167 Å². The maximum Gasteiger partial charge on any atom is 1.00 e. The summed E-state index contributed by atoms with van der Waals surface area (Å²) in [6.45, 7) is 10.7. The number of amides is 2. The van der Waals surface area contributed by atoms with Gasteiger partial charge in [0, 0.05) is 42.1 Å². The van der Waals surface area contributed by atoms with Gasteiger partial charge in [-0.2, -0.15) is 16.0 Å². The average Bonchev–Trinajstić information content (AvgIpc) is 4.04. The Bertz CT molecular complexity index is 3270. The van der Waals surface area contributed by atoms with E-state index in [0.29, 0.717) is 40.8 Å². The summed E-state index contributed by atoms with van der Waals surface area (Å²) in [6, 6.07) is 51.9. The molecule has 2 aliphatic rings. The molecule has 4 heterocycles. The Morgan fingerprint density at radius 2 is 0.963 bits per heavy atom. The first-order valence-electron chi connectivity index (χ1n) is 25.8. The molecule has 2 aliphatic heterocycles. The van der Waals surface area contributed by atoms with Gasteiger partial charge >= 0.3 is 53.9 Å². The molecular weight excluding hydrogens is 1040 g/mol. The Kier molecular flexibility index (Phi) is 24.3. The number of carbonyl (C=O) groups is 3. The average molecular weight is 1110 g/mol. The van der Waals surface area contributed by atoms with Crippen molar-refractivity contribution < 1.29 is 77.2 Å². The van der Waals surface area contributed by atoms with Crippen LogP contribution in [-0.2, 0) is 23.9 Å². The number of carbonyl (C=O) groups excluding carboxylic acids is 4. The smallest absolute Gasteiger partial charge is 0.481 e. The third-order valence-corrected chi connectivity index (χ3v) is 13.7. The fourth-order valence-electron chi connectivity index (χ4n) is 9.37. The molecule has 416 valence electrons. The van der Waals surface area contributed by atoms with E-state index in [9.17, 15) is 19.5 Å². The van der Waals surface area contributed by atoms with Crippen molar-refractivity contribution in [1.29, 1.82) is 0 Å². The number of aromatic nitrogens is 2. The number of aryl methyl sites for hydroxylation is 2. The number of hydrogen-bond acceptors (Lipinski definition) is 13. The molecule has 17 heteroatoms. The molecule has 2 aromatic heterocycles. The third kappa shape index (κ3) is 16.9. The van der Waals surface area contributed by atoms with Crippen molar-refractivity contribution in [3.05, 3.63) is 187 Å². The number of benzene rings is 6. The summed E-state index contributed by atoms with van der Waals surface area (Å²) in [5, 5.41) is 23.1. The molecule has 0 spiro atoms. The first-order chi connectivity index (χ1) is 37.9. The summed E-state index contributed by atoms with van der Waals surface area (Å²) in [6.07, 6.45) is 4.69. The number of aliphatic carboxylic acids is 1. The van der Waals surface area contributed by atoms with Crippen molar-refractivity contribution in [3.8, 4) is 44.9 Å². The second-order valence-corrected chi connectivity index (χ2v) is 18.9. The van der Waals surface area contributed by atoms with Crippen LogP contribution < -0.4 is 50.0 Å². The van der Waals surface area contributed by atoms with Crippen molar-refractivity contribution in [2.75, 3.05) is 46.6 Å². The minimum atomic E-state index is -0.727. The van der Waals surface area contributed by atoms with Crippen LogP contribution in [0.3, 0.4) is 0 Å². The van der Waals surface area contributed by atoms with Gasteiger partial charge in [0.1, 0.15) is 35.0 Å². The standard InChI is InChI=1S/C31H31N3O5.C30H30N3O3.CO2.2CH4.Na/c1-20-28(32-31(37)38-21(2)22-7-4-3-5-8-22)29(39-33-20)25-12-10-23(11-13-25)24-14-16-27(17-15-24)34-18-6-9-26(19-34)30(35)36;1-21-28(31-30(34)35-22(2)23-9-5-3-6-10-23)29(36-32-21)26-13-11-24(12-14-26)25-15-17-27(18-16-25)33-19-7-4-8-20-33;2-1-3;;;/h3-5,7-8,10-17,21,26H,6,9,18-19H2,1-2H3,(H,32,37)(H,35,36);3,5-7,9-18,22H,4,8,19-20H2,1-2H3,(H,31,34);;2*1H4;/q;-1;;;;+1/t21-,26+;22-;;;;/m11..../s1. The molecule has 0 bridgehead atoms. The molecular formula is C64H69N6NaO10. The van der Waals surface area contributed by atoms with Crippen molar-refractivity contribution in [3.63, 3.8) is 0 Å². The Hall–Kier alpha value is -8.27. The fraction of sp³-hybridized carbons (Fsp3) is 0.266. The Morgan fingerprint density at radius 1 is 0.593 bits per heavy atom. The second kappa shape index (κ2) is 30.9. The summed E-state index contributed by atoms with van der Waals surface area (Å²) in [5.41, 5.74) is 12.2. The van der Waals surface area contributed by atoms with Gasteiger partial charge in [-0.15, -0.1) is 6.54 Å². The Labute approximate surface area is 496 Å². The molecule has 2 saturated heterocycles.